The maximum atomic E-state index is 13.0. The number of hydrogen-bond donors (Lipinski definition) is 1. The molecular weight excluding hydrogens is 277 g/mol. The van der Waals surface area contributed by atoms with Crippen LogP contribution in [0.15, 0.2) is 42.5 Å². The van der Waals surface area contributed by atoms with Crippen LogP contribution in [-0.4, -0.2) is 13.7 Å². The first-order valence-corrected chi connectivity index (χ1v) is 7.67. The van der Waals surface area contributed by atoms with Crippen molar-refractivity contribution in [3.63, 3.8) is 0 Å². The van der Waals surface area contributed by atoms with E-state index in [-0.39, 0.29) is 11.7 Å². The molecule has 2 N–H and O–H groups in total. The van der Waals surface area contributed by atoms with Crippen LogP contribution < -0.4 is 10.5 Å². The summed E-state index contributed by atoms with van der Waals surface area (Å²) >= 11 is 0. The van der Waals surface area contributed by atoms with E-state index >= 15 is 0 Å². The van der Waals surface area contributed by atoms with Gasteiger partial charge >= 0.3 is 0 Å². The lowest BCUT2D eigenvalue weighted by Gasteiger charge is -2.20. The van der Waals surface area contributed by atoms with Gasteiger partial charge in [0.25, 0.3) is 0 Å². The first-order chi connectivity index (χ1) is 10.5. The van der Waals surface area contributed by atoms with Crippen molar-refractivity contribution in [2.24, 2.45) is 5.73 Å². The number of halogens is 1. The highest BCUT2D eigenvalue weighted by Gasteiger charge is 2.17. The summed E-state index contributed by atoms with van der Waals surface area (Å²) < 4.78 is 18.5. The minimum atomic E-state index is -0.215. The molecule has 2 aromatic rings. The van der Waals surface area contributed by atoms with Gasteiger partial charge in [-0.25, -0.2) is 4.39 Å². The van der Waals surface area contributed by atoms with Crippen LogP contribution in [0.5, 0.6) is 5.75 Å². The van der Waals surface area contributed by atoms with Crippen LogP contribution in [0, 0.1) is 5.82 Å². The molecular formula is C19H24FNO. The zero-order chi connectivity index (χ0) is 16.1. The van der Waals surface area contributed by atoms with Crippen LogP contribution in [-0.2, 0) is 6.42 Å². The van der Waals surface area contributed by atoms with E-state index in [2.05, 4.69) is 26.0 Å². The van der Waals surface area contributed by atoms with Crippen LogP contribution in [0.4, 0.5) is 4.39 Å². The quantitative estimate of drug-likeness (QED) is 0.866. The summed E-state index contributed by atoms with van der Waals surface area (Å²) in [7, 11) is 1.68. The fourth-order valence-electron chi connectivity index (χ4n) is 2.66. The number of benzene rings is 2. The van der Waals surface area contributed by atoms with E-state index in [1.807, 2.05) is 18.2 Å². The SMILES string of the molecule is COc1ccc(C(C)C)cc1C(CN)Cc1ccc(F)cc1. The van der Waals surface area contributed by atoms with Gasteiger partial charge in [0, 0.05) is 5.92 Å². The van der Waals surface area contributed by atoms with Gasteiger partial charge in [-0.05, 0) is 53.8 Å². The average molecular weight is 301 g/mol. The molecule has 0 aliphatic heterocycles. The molecule has 2 nitrogen and oxygen atoms in total. The molecule has 0 aromatic heterocycles. The molecule has 0 radical (unpaired) electrons. The fraction of sp³-hybridized carbons (Fsp3) is 0.368. The Morgan fingerprint density at radius 3 is 2.32 bits per heavy atom. The first kappa shape index (κ1) is 16.5. The zero-order valence-electron chi connectivity index (χ0n) is 13.5. The molecule has 118 valence electrons. The van der Waals surface area contributed by atoms with Gasteiger partial charge in [-0.15, -0.1) is 0 Å². The Balaban J connectivity index is 2.32. The monoisotopic (exact) mass is 301 g/mol. The van der Waals surface area contributed by atoms with E-state index in [4.69, 9.17) is 10.5 Å². The molecule has 1 unspecified atom stereocenters. The Morgan fingerprint density at radius 2 is 1.77 bits per heavy atom. The van der Waals surface area contributed by atoms with Gasteiger partial charge in [0.1, 0.15) is 11.6 Å². The van der Waals surface area contributed by atoms with Crippen LogP contribution in [0.3, 0.4) is 0 Å². The zero-order valence-corrected chi connectivity index (χ0v) is 13.5. The van der Waals surface area contributed by atoms with Crippen molar-refractivity contribution >= 4 is 0 Å². The van der Waals surface area contributed by atoms with E-state index in [0.717, 1.165) is 23.3 Å². The van der Waals surface area contributed by atoms with E-state index in [1.165, 1.54) is 17.7 Å². The van der Waals surface area contributed by atoms with Crippen LogP contribution in [0.2, 0.25) is 0 Å². The summed E-state index contributed by atoms with van der Waals surface area (Å²) in [5.41, 5.74) is 9.48. The number of ether oxygens (including phenoxy) is 1. The fourth-order valence-corrected chi connectivity index (χ4v) is 2.66. The second kappa shape index (κ2) is 7.41. The van der Waals surface area contributed by atoms with Gasteiger partial charge in [-0.3, -0.25) is 0 Å². The highest BCUT2D eigenvalue weighted by atomic mass is 19.1. The molecule has 0 saturated carbocycles. The highest BCUT2D eigenvalue weighted by Crippen LogP contribution is 2.32. The summed E-state index contributed by atoms with van der Waals surface area (Å²) in [6.45, 7) is 4.86. The van der Waals surface area contributed by atoms with Gasteiger partial charge in [0.15, 0.2) is 0 Å². The Hall–Kier alpha value is -1.87. The van der Waals surface area contributed by atoms with E-state index < -0.39 is 0 Å². The summed E-state index contributed by atoms with van der Waals surface area (Å²) in [5, 5.41) is 0. The molecule has 22 heavy (non-hydrogen) atoms. The molecule has 0 saturated heterocycles. The van der Waals surface area contributed by atoms with Crippen LogP contribution in [0.25, 0.3) is 0 Å². The summed E-state index contributed by atoms with van der Waals surface area (Å²) in [6, 6.07) is 12.9. The minimum absolute atomic E-state index is 0.152. The molecule has 1 atom stereocenters. The third-order valence-electron chi connectivity index (χ3n) is 4.04. The van der Waals surface area contributed by atoms with E-state index in [1.54, 1.807) is 7.11 Å². The predicted molar refractivity (Wildman–Crippen MR) is 89.0 cm³/mol. The van der Waals surface area contributed by atoms with Gasteiger partial charge in [0.05, 0.1) is 7.11 Å². The van der Waals surface area contributed by atoms with Crippen LogP contribution in [0.1, 0.15) is 42.4 Å². The molecule has 0 fully saturated rings. The highest BCUT2D eigenvalue weighted by molar-refractivity contribution is 5.41. The maximum absolute atomic E-state index is 13.0. The Kier molecular flexibility index (Phi) is 5.56. The molecule has 3 heteroatoms. The smallest absolute Gasteiger partial charge is 0.123 e. The Labute approximate surface area is 132 Å². The molecule has 0 amide bonds. The number of rotatable bonds is 6. The van der Waals surface area contributed by atoms with Crippen molar-refractivity contribution in [3.8, 4) is 5.75 Å². The lowest BCUT2D eigenvalue weighted by atomic mass is 9.88. The number of methoxy groups -OCH3 is 1. The summed E-state index contributed by atoms with van der Waals surface area (Å²) in [4.78, 5) is 0. The maximum Gasteiger partial charge on any atom is 0.123 e. The lowest BCUT2D eigenvalue weighted by molar-refractivity contribution is 0.405. The Morgan fingerprint density at radius 1 is 1.09 bits per heavy atom. The van der Waals surface area contributed by atoms with Crippen molar-refractivity contribution < 1.29 is 9.13 Å². The van der Waals surface area contributed by atoms with Gasteiger partial charge in [-0.1, -0.05) is 38.1 Å². The number of hydrogen-bond acceptors (Lipinski definition) is 2. The summed E-state index contributed by atoms with van der Waals surface area (Å²) in [5.74, 6) is 1.25. The standard InChI is InChI=1S/C19H24FNO/c1-13(2)15-6-9-19(22-3)18(11-15)16(12-21)10-14-4-7-17(20)8-5-14/h4-9,11,13,16H,10,12,21H2,1-3H3. The Bertz CT molecular complexity index is 607. The second-order valence-corrected chi connectivity index (χ2v) is 5.92. The molecule has 0 spiro atoms. The topological polar surface area (TPSA) is 35.2 Å². The van der Waals surface area contributed by atoms with Crippen molar-refractivity contribution in [1.82, 2.24) is 0 Å². The third kappa shape index (κ3) is 3.86. The summed E-state index contributed by atoms with van der Waals surface area (Å²) in [6.07, 6.45) is 0.773. The van der Waals surface area contributed by atoms with Crippen molar-refractivity contribution in [3.05, 3.63) is 65.0 Å². The molecule has 2 rings (SSSR count). The minimum Gasteiger partial charge on any atom is -0.496 e. The predicted octanol–water partition coefficient (Wildman–Crippen LogP) is 4.24. The first-order valence-electron chi connectivity index (χ1n) is 7.67. The van der Waals surface area contributed by atoms with Crippen molar-refractivity contribution in [1.29, 1.82) is 0 Å². The average Bonchev–Trinajstić information content (AvgIpc) is 2.53. The van der Waals surface area contributed by atoms with Crippen molar-refractivity contribution in [2.75, 3.05) is 13.7 Å². The van der Waals surface area contributed by atoms with Gasteiger partial charge in [0.2, 0.25) is 0 Å². The molecule has 2 aromatic carbocycles. The van der Waals surface area contributed by atoms with E-state index in [0.29, 0.717) is 12.5 Å². The van der Waals surface area contributed by atoms with Crippen molar-refractivity contribution in [2.45, 2.75) is 32.1 Å². The molecule has 0 aliphatic rings. The largest absolute Gasteiger partial charge is 0.496 e. The van der Waals surface area contributed by atoms with Gasteiger partial charge in [-0.2, -0.15) is 0 Å². The number of nitrogens with two attached hydrogens (primary N) is 1. The van der Waals surface area contributed by atoms with Crippen LogP contribution >= 0.6 is 0 Å². The molecule has 0 heterocycles. The second-order valence-electron chi connectivity index (χ2n) is 5.92. The van der Waals surface area contributed by atoms with E-state index in [9.17, 15) is 4.39 Å². The third-order valence-corrected chi connectivity index (χ3v) is 4.04. The molecule has 0 aliphatic carbocycles. The van der Waals surface area contributed by atoms with Gasteiger partial charge < -0.3 is 10.5 Å². The molecule has 0 bridgehead atoms. The lowest BCUT2D eigenvalue weighted by Crippen LogP contribution is -2.16. The normalized spacial score (nSPS) is 12.5.